The second kappa shape index (κ2) is 40.2. The van der Waals surface area contributed by atoms with Crippen LogP contribution >= 0.6 is 0 Å². The molecule has 3 aromatic carbocycles. The molecule has 23 nitrogen and oxygen atoms in total. The van der Waals surface area contributed by atoms with Gasteiger partial charge >= 0.3 is 5.97 Å². The van der Waals surface area contributed by atoms with Gasteiger partial charge in [0, 0.05) is 56.0 Å². The van der Waals surface area contributed by atoms with Gasteiger partial charge in [-0.1, -0.05) is 167 Å². The number of nitrogens with one attached hydrogen (secondary N) is 8. The summed E-state index contributed by atoms with van der Waals surface area (Å²) in [5.74, 6) is -12.4. The molecule has 0 aliphatic carbocycles. The lowest BCUT2D eigenvalue weighted by atomic mass is 9.83. The second-order valence-electron chi connectivity index (χ2n) is 26.4. The fourth-order valence-electron chi connectivity index (χ4n) is 12.0. The summed E-state index contributed by atoms with van der Waals surface area (Å²) in [6.07, 6.45) is 0.700. The van der Waals surface area contributed by atoms with Crippen molar-refractivity contribution < 1.29 is 62.6 Å². The number of rotatable bonds is 37. The molecule has 1 fully saturated rings. The fourth-order valence-corrected chi connectivity index (χ4v) is 12.0. The van der Waals surface area contributed by atoms with E-state index in [1.165, 1.54) is 6.92 Å². The number of fused-ring (bicyclic) bond motifs is 1. The van der Waals surface area contributed by atoms with Crippen molar-refractivity contribution in [1.29, 1.82) is 0 Å². The van der Waals surface area contributed by atoms with Gasteiger partial charge in [0.2, 0.25) is 41.4 Å². The predicted molar refractivity (Wildman–Crippen MR) is 365 cm³/mol. The van der Waals surface area contributed by atoms with Gasteiger partial charge in [0.1, 0.15) is 30.3 Å². The number of esters is 1. The van der Waals surface area contributed by atoms with Crippen LogP contribution in [0, 0.1) is 41.4 Å². The number of nitrogens with two attached hydrogens (primary N) is 2. The van der Waals surface area contributed by atoms with Crippen LogP contribution in [0.25, 0.3) is 10.8 Å². The quantitative estimate of drug-likeness (QED) is 0.0274. The first-order valence-corrected chi connectivity index (χ1v) is 34.3. The maximum Gasteiger partial charge on any atom is 0.323 e. The van der Waals surface area contributed by atoms with Crippen molar-refractivity contribution in [1.82, 2.24) is 42.5 Å². The van der Waals surface area contributed by atoms with Crippen LogP contribution in [0.1, 0.15) is 164 Å². The highest BCUT2D eigenvalue weighted by Crippen LogP contribution is 2.26. The Morgan fingerprint density at radius 1 is 0.663 bits per heavy atom. The van der Waals surface area contributed by atoms with E-state index >= 15 is 0 Å². The van der Waals surface area contributed by atoms with E-state index in [4.69, 9.17) is 16.2 Å². The molecule has 1 aliphatic rings. The van der Waals surface area contributed by atoms with Gasteiger partial charge in [-0.25, -0.2) is 0 Å². The largest absolute Gasteiger partial charge is 0.459 e. The number of amides is 7. The zero-order chi connectivity index (χ0) is 70.6. The van der Waals surface area contributed by atoms with Gasteiger partial charge in [-0.05, 0) is 98.7 Å². The van der Waals surface area contributed by atoms with Crippen molar-refractivity contribution >= 4 is 75.4 Å². The molecule has 1 saturated heterocycles. The maximum absolute atomic E-state index is 15.0. The van der Waals surface area contributed by atoms with Crippen molar-refractivity contribution in [3.05, 3.63) is 83.9 Å². The molecule has 0 saturated carbocycles. The Kier molecular flexibility index (Phi) is 33.8. The number of hydrogen-bond acceptors (Lipinski definition) is 16. The van der Waals surface area contributed by atoms with Crippen LogP contribution in [0.15, 0.2) is 72.8 Å². The third-order valence-corrected chi connectivity index (χ3v) is 19.2. The van der Waals surface area contributed by atoms with E-state index in [1.807, 2.05) is 114 Å². The number of carbonyl (C=O) groups excluding carboxylic acids is 11. The Labute approximate surface area is 561 Å². The van der Waals surface area contributed by atoms with Gasteiger partial charge in [0.15, 0.2) is 17.3 Å². The van der Waals surface area contributed by atoms with Crippen LogP contribution in [0.3, 0.4) is 0 Å². The normalized spacial score (nSPS) is 21.5. The number of cyclic esters (lactones) is 1. The molecule has 0 bridgehead atoms. The lowest BCUT2D eigenvalue weighted by Crippen LogP contribution is -2.59. The Balaban J connectivity index is 1.62. The van der Waals surface area contributed by atoms with Crippen LogP contribution in [0.2, 0.25) is 0 Å². The van der Waals surface area contributed by atoms with E-state index in [0.717, 1.165) is 16.3 Å². The molecule has 13 N–H and O–H groups in total. The van der Waals surface area contributed by atoms with Crippen LogP contribution in [0.5, 0.6) is 0 Å². The topological polar surface area (TPSA) is 366 Å². The molecule has 1 heterocycles. The summed E-state index contributed by atoms with van der Waals surface area (Å²) in [6, 6.07) is 13.5. The van der Waals surface area contributed by atoms with E-state index in [1.54, 1.807) is 34.7 Å². The van der Waals surface area contributed by atoms with Crippen molar-refractivity contribution in [3.63, 3.8) is 0 Å². The number of primary amides is 1. The number of hydrogen-bond donors (Lipinski definition) is 11. The molecular formula is C72H110N10O13. The highest BCUT2D eigenvalue weighted by Gasteiger charge is 2.41. The SMILES string of the molecule is CC[C@H](C)[C@H](NC(=O)[C@H](CC(=O)[C@@H](CCC(N)=O)NC(=O)[C@H](Cc1cccc2ccccc12)NC(=O)[C@@H](NC(=O)[C@@H](Cc1ccccc1)NC)[C@@H](C)CC)[C@@H](C)CC)C(=O)C[C@@H](CO)C(=O)N[C@H]1C(=O)C[C@@H](C)C(=O)N[C@@H](CCCCN)C(C)N[C@@H]([C@@H](C)CC)C(=O)O[C@H]1C. The summed E-state index contributed by atoms with van der Waals surface area (Å²) >= 11 is 0. The number of ketones is 3. The number of aliphatic hydroxyl groups is 1. The average molecular weight is 1320 g/mol. The molecule has 4 rings (SSSR count). The van der Waals surface area contributed by atoms with Gasteiger partial charge < -0.3 is 58.5 Å². The van der Waals surface area contributed by atoms with E-state index in [9.17, 15) is 57.8 Å². The van der Waals surface area contributed by atoms with Crippen molar-refractivity contribution in [3.8, 4) is 0 Å². The van der Waals surface area contributed by atoms with Crippen LogP contribution < -0.4 is 54.0 Å². The minimum absolute atomic E-state index is 0.0638. The highest BCUT2D eigenvalue weighted by molar-refractivity contribution is 5.99. The molecule has 1 aliphatic heterocycles. The number of Topliss-reactive ketones (excluding diaryl/α,β-unsaturated/α-hetero) is 3. The predicted octanol–water partition coefficient (Wildman–Crippen LogP) is 4.73. The molecule has 3 aromatic rings. The van der Waals surface area contributed by atoms with Gasteiger partial charge in [-0.3, -0.25) is 58.1 Å². The number of carbonyl (C=O) groups is 11. The summed E-state index contributed by atoms with van der Waals surface area (Å²) in [5.41, 5.74) is 13.0. The first-order chi connectivity index (χ1) is 45.2. The molecule has 23 heteroatoms. The zero-order valence-electron chi connectivity index (χ0n) is 58.1. The lowest BCUT2D eigenvalue weighted by Gasteiger charge is -2.33. The molecule has 95 heavy (non-hydrogen) atoms. The molecule has 0 radical (unpaired) electrons. The Bertz CT molecular complexity index is 3030. The Hall–Kier alpha value is -7.47. The van der Waals surface area contributed by atoms with E-state index in [2.05, 4.69) is 42.5 Å². The van der Waals surface area contributed by atoms with Crippen molar-refractivity contribution in [2.75, 3.05) is 20.2 Å². The molecule has 1 unspecified atom stereocenters. The van der Waals surface area contributed by atoms with Gasteiger partial charge in [-0.2, -0.15) is 0 Å². The summed E-state index contributed by atoms with van der Waals surface area (Å²) in [6.45, 7) is 19.0. The third-order valence-electron chi connectivity index (χ3n) is 19.2. The van der Waals surface area contributed by atoms with Crippen molar-refractivity contribution in [2.24, 2.45) is 52.9 Å². The summed E-state index contributed by atoms with van der Waals surface area (Å²) in [7, 11) is 1.65. The minimum atomic E-state index is -1.50. The fraction of sp³-hybridized carbons (Fsp3) is 0.625. The second-order valence-corrected chi connectivity index (χ2v) is 26.4. The van der Waals surface area contributed by atoms with Gasteiger partial charge in [0.05, 0.1) is 30.7 Å². The number of aliphatic hydroxyl groups excluding tert-OH is 1. The molecule has 0 aromatic heterocycles. The number of likely N-dealkylation sites (N-methyl/N-ethyl adjacent to an activating group) is 1. The smallest absolute Gasteiger partial charge is 0.323 e. The third kappa shape index (κ3) is 24.3. The lowest BCUT2D eigenvalue weighted by molar-refractivity contribution is -0.156. The summed E-state index contributed by atoms with van der Waals surface area (Å²) in [5, 5.41) is 36.1. The number of benzene rings is 3. The van der Waals surface area contributed by atoms with E-state index in [0.29, 0.717) is 63.5 Å². The number of unbranched alkanes of at least 4 members (excludes halogenated alkanes) is 1. The maximum atomic E-state index is 15.0. The summed E-state index contributed by atoms with van der Waals surface area (Å²) in [4.78, 5) is 157. The molecule has 7 amide bonds. The first kappa shape index (κ1) is 80.0. The molecule has 17 atom stereocenters. The Morgan fingerprint density at radius 3 is 1.89 bits per heavy atom. The first-order valence-electron chi connectivity index (χ1n) is 34.3. The molecule has 0 spiro atoms. The van der Waals surface area contributed by atoms with E-state index in [-0.39, 0.29) is 31.6 Å². The summed E-state index contributed by atoms with van der Waals surface area (Å²) < 4.78 is 5.97. The number of ether oxygens (including phenoxy) is 1. The standard InChI is InChI=1S/C72H110N10O13/c1-13-41(5)53(68(90)80-62(42(6)14-2)60(86)38-51(40-83)67(89)82-65-47(11)95-72(94)64(44(8)16-4)76-46(10)54(31-22-23-34-73)77-66(88)45(9)35-59(65)85)39-58(84)55(32-33-61(74)87)78-70(92)57(37-50-29-24-28-49-27-20-21-30-52(49)50)79-71(93)63(43(7)15-3)81-69(91)56(75-12)36-48-25-18-17-19-26-48/h17-21,24-30,41-47,51,53-57,62-65,75-76,83H,13-16,22-23,31-40,73H2,1-12H3,(H2,74,87)(H,77,88)(H,78,92)(H,79,93)(H,80,90)(H,81,91)(H,82,89)/t41-,42-,43-,44-,45+,46?,47-,51-,53+,54-,55+,56+,57-,62-,63-,64-,65+/m0/s1. The van der Waals surface area contributed by atoms with Crippen LogP contribution in [0.4, 0.5) is 0 Å². The van der Waals surface area contributed by atoms with Crippen LogP contribution in [-0.2, 0) is 70.3 Å². The van der Waals surface area contributed by atoms with Gasteiger partial charge in [-0.15, -0.1) is 0 Å². The molecule has 526 valence electrons. The molecular weight excluding hydrogens is 1210 g/mol. The minimum Gasteiger partial charge on any atom is -0.459 e. The highest BCUT2D eigenvalue weighted by atomic mass is 16.5. The van der Waals surface area contributed by atoms with Gasteiger partial charge in [0.25, 0.3) is 0 Å². The van der Waals surface area contributed by atoms with Crippen molar-refractivity contribution in [2.45, 2.75) is 227 Å². The monoisotopic (exact) mass is 1320 g/mol. The Morgan fingerprint density at radius 2 is 1.27 bits per heavy atom. The average Bonchev–Trinajstić information content (AvgIpc) is 1.37. The zero-order valence-corrected chi connectivity index (χ0v) is 58.1. The van der Waals surface area contributed by atoms with E-state index < -0.39 is 180 Å². The van der Waals surface area contributed by atoms with Crippen LogP contribution in [-0.4, -0.2) is 150 Å².